The van der Waals surface area contributed by atoms with Crippen molar-refractivity contribution < 1.29 is 9.26 Å². The van der Waals surface area contributed by atoms with Crippen molar-refractivity contribution in [3.05, 3.63) is 11.7 Å². The van der Waals surface area contributed by atoms with E-state index in [2.05, 4.69) is 36.2 Å². The summed E-state index contributed by atoms with van der Waals surface area (Å²) in [5, 5.41) is 7.38. The number of thioether (sulfide) groups is 1. The van der Waals surface area contributed by atoms with Gasteiger partial charge in [0, 0.05) is 17.5 Å². The summed E-state index contributed by atoms with van der Waals surface area (Å²) in [6.45, 7) is 7.26. The van der Waals surface area contributed by atoms with Crippen LogP contribution in [0.2, 0.25) is 0 Å². The lowest BCUT2D eigenvalue weighted by atomic mass is 9.89. The molecular weight excluding hydrogens is 262 g/mol. The van der Waals surface area contributed by atoms with Crippen LogP contribution in [0.15, 0.2) is 4.52 Å². The predicted molar refractivity (Wildman–Crippen MR) is 76.4 cm³/mol. The van der Waals surface area contributed by atoms with Crippen molar-refractivity contribution in [3.63, 3.8) is 0 Å². The fraction of sp³-hybridized carbons (Fsp3) is 0.846. The molecular formula is C13H23N3O2S. The zero-order valence-electron chi connectivity index (χ0n) is 12.0. The Kier molecular flexibility index (Phi) is 5.24. The number of nitrogens with zero attached hydrogens (tertiary/aromatic N) is 2. The molecule has 1 saturated heterocycles. The van der Waals surface area contributed by atoms with E-state index in [1.54, 1.807) is 0 Å². The summed E-state index contributed by atoms with van der Waals surface area (Å²) in [7, 11) is 1.96. The molecule has 2 heterocycles. The van der Waals surface area contributed by atoms with Crippen LogP contribution >= 0.6 is 11.8 Å². The van der Waals surface area contributed by atoms with Gasteiger partial charge in [0.15, 0.2) is 0 Å². The van der Waals surface area contributed by atoms with E-state index in [9.17, 15) is 0 Å². The van der Waals surface area contributed by atoms with Crippen LogP contribution in [0, 0.1) is 5.92 Å². The molecule has 1 aliphatic heterocycles. The molecule has 3 unspecified atom stereocenters. The molecule has 19 heavy (non-hydrogen) atoms. The Hall–Kier alpha value is -0.590. The second-order valence-corrected chi connectivity index (χ2v) is 6.42. The van der Waals surface area contributed by atoms with Gasteiger partial charge < -0.3 is 14.6 Å². The Morgan fingerprint density at radius 2 is 2.16 bits per heavy atom. The minimum atomic E-state index is -0.0195. The third-order valence-electron chi connectivity index (χ3n) is 3.56. The van der Waals surface area contributed by atoms with E-state index in [0.29, 0.717) is 23.7 Å². The first kappa shape index (κ1) is 14.8. The van der Waals surface area contributed by atoms with Crippen molar-refractivity contribution in [1.29, 1.82) is 0 Å². The monoisotopic (exact) mass is 285 g/mol. The Morgan fingerprint density at radius 3 is 2.74 bits per heavy atom. The summed E-state index contributed by atoms with van der Waals surface area (Å²) in [6, 6.07) is 0.301. The molecule has 6 heteroatoms. The van der Waals surface area contributed by atoms with Crippen molar-refractivity contribution in [1.82, 2.24) is 15.5 Å². The van der Waals surface area contributed by atoms with Gasteiger partial charge in [0.2, 0.25) is 11.7 Å². The SMILES string of the molecule is CNC(C)C(c1nc(C2CSCCO2)no1)C(C)C. The number of hydrogen-bond donors (Lipinski definition) is 1. The van der Waals surface area contributed by atoms with Crippen molar-refractivity contribution >= 4 is 11.8 Å². The fourth-order valence-electron chi connectivity index (χ4n) is 2.41. The van der Waals surface area contributed by atoms with Crippen LogP contribution in [0.5, 0.6) is 0 Å². The van der Waals surface area contributed by atoms with Gasteiger partial charge >= 0.3 is 0 Å². The molecule has 0 aromatic carbocycles. The highest BCUT2D eigenvalue weighted by Crippen LogP contribution is 2.29. The molecule has 0 saturated carbocycles. The molecule has 1 aliphatic rings. The molecule has 5 nitrogen and oxygen atoms in total. The van der Waals surface area contributed by atoms with Crippen LogP contribution in [-0.4, -0.2) is 41.3 Å². The first-order valence-electron chi connectivity index (χ1n) is 6.83. The number of likely N-dealkylation sites (N-methyl/N-ethyl adjacent to an activating group) is 1. The topological polar surface area (TPSA) is 60.2 Å². The molecule has 108 valence electrons. The maximum atomic E-state index is 5.68. The first-order chi connectivity index (χ1) is 9.13. The lowest BCUT2D eigenvalue weighted by Gasteiger charge is -2.23. The normalized spacial score (nSPS) is 23.5. The molecule has 0 amide bonds. The Labute approximate surface area is 118 Å². The summed E-state index contributed by atoms with van der Waals surface area (Å²) in [4.78, 5) is 4.57. The zero-order chi connectivity index (χ0) is 13.8. The quantitative estimate of drug-likeness (QED) is 0.895. The largest absolute Gasteiger partial charge is 0.368 e. The second kappa shape index (κ2) is 6.72. The molecule has 0 aliphatic carbocycles. The third kappa shape index (κ3) is 3.49. The van der Waals surface area contributed by atoms with Gasteiger partial charge in [-0.05, 0) is 19.9 Å². The van der Waals surface area contributed by atoms with Crippen LogP contribution in [-0.2, 0) is 4.74 Å². The summed E-state index contributed by atoms with van der Waals surface area (Å²) in [6.07, 6.45) is -0.0195. The van der Waals surface area contributed by atoms with E-state index in [0.717, 1.165) is 18.1 Å². The van der Waals surface area contributed by atoms with E-state index in [1.807, 2.05) is 18.8 Å². The van der Waals surface area contributed by atoms with Crippen molar-refractivity contribution in [2.45, 2.75) is 38.8 Å². The van der Waals surface area contributed by atoms with E-state index < -0.39 is 0 Å². The van der Waals surface area contributed by atoms with E-state index in [1.165, 1.54) is 0 Å². The van der Waals surface area contributed by atoms with Gasteiger partial charge in [-0.1, -0.05) is 19.0 Å². The van der Waals surface area contributed by atoms with Crippen LogP contribution in [0.25, 0.3) is 0 Å². The lowest BCUT2D eigenvalue weighted by molar-refractivity contribution is 0.0677. The second-order valence-electron chi connectivity index (χ2n) is 5.27. The molecule has 1 aromatic rings. The van der Waals surface area contributed by atoms with Crippen LogP contribution in [0.4, 0.5) is 0 Å². The molecule has 0 bridgehead atoms. The molecule has 1 aromatic heterocycles. The predicted octanol–water partition coefficient (Wildman–Crippen LogP) is 2.22. The number of nitrogens with one attached hydrogen (secondary N) is 1. The summed E-state index contributed by atoms with van der Waals surface area (Å²) < 4.78 is 11.2. The average Bonchev–Trinajstić information content (AvgIpc) is 2.88. The smallest absolute Gasteiger partial charge is 0.231 e. The maximum Gasteiger partial charge on any atom is 0.231 e. The van der Waals surface area contributed by atoms with Crippen LogP contribution < -0.4 is 5.32 Å². The Bertz CT molecular complexity index is 391. The first-order valence-corrected chi connectivity index (χ1v) is 7.99. The highest BCUT2D eigenvalue weighted by molar-refractivity contribution is 7.99. The van der Waals surface area contributed by atoms with Gasteiger partial charge in [-0.15, -0.1) is 0 Å². The Balaban J connectivity index is 2.13. The summed E-state index contributed by atoms with van der Waals surface area (Å²) in [5.74, 6) is 4.03. The molecule has 1 N–H and O–H groups in total. The van der Waals surface area contributed by atoms with E-state index in [4.69, 9.17) is 9.26 Å². The minimum absolute atomic E-state index is 0.0195. The molecule has 3 atom stereocenters. The minimum Gasteiger partial charge on any atom is -0.368 e. The van der Waals surface area contributed by atoms with Crippen molar-refractivity contribution in [3.8, 4) is 0 Å². The van der Waals surface area contributed by atoms with Gasteiger partial charge in [0.05, 0.1) is 12.5 Å². The summed E-state index contributed by atoms with van der Waals surface area (Å²) >= 11 is 1.87. The molecule has 1 fully saturated rings. The van der Waals surface area contributed by atoms with Gasteiger partial charge in [-0.3, -0.25) is 0 Å². The standard InChI is InChI=1S/C13H23N3O2S/c1-8(2)11(9(3)14-4)13-15-12(16-18-13)10-7-19-6-5-17-10/h8-11,14H,5-7H2,1-4H3. The highest BCUT2D eigenvalue weighted by Gasteiger charge is 2.29. The number of hydrogen-bond acceptors (Lipinski definition) is 6. The molecule has 0 radical (unpaired) electrons. The summed E-state index contributed by atoms with van der Waals surface area (Å²) in [5.41, 5.74) is 0. The molecule has 0 spiro atoms. The van der Waals surface area contributed by atoms with Gasteiger partial charge in [0.25, 0.3) is 0 Å². The number of rotatable bonds is 5. The van der Waals surface area contributed by atoms with Crippen molar-refractivity contribution in [2.75, 3.05) is 25.2 Å². The van der Waals surface area contributed by atoms with Crippen LogP contribution in [0.1, 0.15) is 44.5 Å². The van der Waals surface area contributed by atoms with Crippen molar-refractivity contribution in [2.24, 2.45) is 5.92 Å². The number of aromatic nitrogens is 2. The maximum absolute atomic E-state index is 5.68. The number of ether oxygens (including phenoxy) is 1. The van der Waals surface area contributed by atoms with Gasteiger partial charge in [-0.25, -0.2) is 0 Å². The average molecular weight is 285 g/mol. The fourth-order valence-corrected chi connectivity index (χ4v) is 3.25. The van der Waals surface area contributed by atoms with E-state index >= 15 is 0 Å². The Morgan fingerprint density at radius 1 is 1.37 bits per heavy atom. The molecule has 2 rings (SSSR count). The highest BCUT2D eigenvalue weighted by atomic mass is 32.2. The lowest BCUT2D eigenvalue weighted by Crippen LogP contribution is -2.32. The van der Waals surface area contributed by atoms with Crippen LogP contribution in [0.3, 0.4) is 0 Å². The zero-order valence-corrected chi connectivity index (χ0v) is 12.9. The van der Waals surface area contributed by atoms with Gasteiger partial charge in [0.1, 0.15) is 6.10 Å². The van der Waals surface area contributed by atoms with Gasteiger partial charge in [-0.2, -0.15) is 16.7 Å². The van der Waals surface area contributed by atoms with E-state index in [-0.39, 0.29) is 12.0 Å². The third-order valence-corrected chi connectivity index (χ3v) is 4.55.